The number of thioether (sulfide) groups is 1. The van der Waals surface area contributed by atoms with Gasteiger partial charge in [-0.25, -0.2) is 4.79 Å². The van der Waals surface area contributed by atoms with Gasteiger partial charge in [-0.05, 0) is 31.6 Å². The lowest BCUT2D eigenvalue weighted by Crippen LogP contribution is -2.57. The molecular weight excluding hydrogens is 302 g/mol. The molecule has 3 rings (SSSR count). The average Bonchev–Trinajstić information content (AvgIpc) is 3.26. The number of nitrogens with one attached hydrogen (secondary N) is 1. The number of rotatable bonds is 6. The van der Waals surface area contributed by atoms with E-state index in [-0.39, 0.29) is 18.6 Å². The van der Waals surface area contributed by atoms with Gasteiger partial charge in [0.25, 0.3) is 0 Å². The Balaban J connectivity index is 1.41. The minimum absolute atomic E-state index is 0.0516. The molecule has 2 amide bonds. The number of urea groups is 1. The van der Waals surface area contributed by atoms with Crippen molar-refractivity contribution < 1.29 is 14.7 Å². The van der Waals surface area contributed by atoms with Crippen LogP contribution in [0.4, 0.5) is 4.79 Å². The molecule has 22 heavy (non-hydrogen) atoms. The first-order chi connectivity index (χ1) is 10.6. The molecule has 3 fully saturated rings. The first-order valence-corrected chi connectivity index (χ1v) is 9.36. The van der Waals surface area contributed by atoms with Crippen LogP contribution in [0.2, 0.25) is 0 Å². The Kier molecular flexibility index (Phi) is 5.13. The van der Waals surface area contributed by atoms with Crippen LogP contribution in [0.25, 0.3) is 0 Å². The maximum Gasteiger partial charge on any atom is 0.317 e. The number of carboxylic acids is 1. The maximum absolute atomic E-state index is 12.1. The Hall–Kier alpha value is -0.950. The zero-order valence-corrected chi connectivity index (χ0v) is 13.7. The zero-order valence-electron chi connectivity index (χ0n) is 12.9. The van der Waals surface area contributed by atoms with Crippen molar-refractivity contribution in [3.8, 4) is 0 Å². The van der Waals surface area contributed by atoms with Gasteiger partial charge in [-0.1, -0.05) is 0 Å². The van der Waals surface area contributed by atoms with Crippen LogP contribution in [0.15, 0.2) is 0 Å². The molecule has 6 nitrogen and oxygen atoms in total. The highest BCUT2D eigenvalue weighted by Crippen LogP contribution is 2.33. The minimum atomic E-state index is -0.751. The number of carbonyl (C=O) groups excluding carboxylic acids is 1. The highest BCUT2D eigenvalue weighted by atomic mass is 32.2. The van der Waals surface area contributed by atoms with Crippen LogP contribution in [-0.4, -0.2) is 76.7 Å². The second kappa shape index (κ2) is 7.08. The zero-order chi connectivity index (χ0) is 15.5. The van der Waals surface area contributed by atoms with Gasteiger partial charge in [0.2, 0.25) is 0 Å². The van der Waals surface area contributed by atoms with Gasteiger partial charge in [0.15, 0.2) is 0 Å². The number of nitrogens with zero attached hydrogens (tertiary/aromatic N) is 2. The molecule has 2 saturated carbocycles. The van der Waals surface area contributed by atoms with E-state index in [9.17, 15) is 9.59 Å². The predicted molar refractivity (Wildman–Crippen MR) is 86.2 cm³/mol. The lowest BCUT2D eigenvalue weighted by atomic mass is 9.85. The third-order valence-electron chi connectivity index (χ3n) is 4.78. The number of hydrogen-bond donors (Lipinski definition) is 2. The fourth-order valence-corrected chi connectivity index (χ4v) is 4.09. The van der Waals surface area contributed by atoms with Gasteiger partial charge < -0.3 is 15.3 Å². The van der Waals surface area contributed by atoms with Crippen LogP contribution in [0.5, 0.6) is 0 Å². The summed E-state index contributed by atoms with van der Waals surface area (Å²) in [7, 11) is 0. The van der Waals surface area contributed by atoms with Gasteiger partial charge in [-0.15, -0.1) is 0 Å². The Morgan fingerprint density at radius 2 is 1.91 bits per heavy atom. The van der Waals surface area contributed by atoms with E-state index in [4.69, 9.17) is 5.11 Å². The standard InChI is InChI=1S/C15H25N3O3S/c19-14(20)10-18(9-11-1-2-11)13-7-12(8-13)16-15(21)17-3-5-22-6-4-17/h11-13H,1-10H2,(H,16,21)(H,19,20). The summed E-state index contributed by atoms with van der Waals surface area (Å²) in [6, 6.07) is 0.581. The molecule has 1 heterocycles. The van der Waals surface area contributed by atoms with Crippen molar-refractivity contribution in [3.05, 3.63) is 0 Å². The fraction of sp³-hybridized carbons (Fsp3) is 0.867. The molecule has 0 atom stereocenters. The highest BCUT2D eigenvalue weighted by Gasteiger charge is 2.38. The number of carboxylic acid groups (broad SMARTS) is 1. The van der Waals surface area contributed by atoms with E-state index in [1.54, 1.807) is 0 Å². The van der Waals surface area contributed by atoms with Crippen LogP contribution >= 0.6 is 11.8 Å². The molecule has 0 bridgehead atoms. The number of aliphatic carboxylic acids is 1. The van der Waals surface area contributed by atoms with Gasteiger partial charge in [0.05, 0.1) is 6.54 Å². The van der Waals surface area contributed by atoms with E-state index in [0.717, 1.165) is 44.0 Å². The molecule has 7 heteroatoms. The molecule has 0 aromatic heterocycles. The molecule has 0 radical (unpaired) electrons. The minimum Gasteiger partial charge on any atom is -0.480 e. The first-order valence-electron chi connectivity index (χ1n) is 8.21. The van der Waals surface area contributed by atoms with E-state index < -0.39 is 5.97 Å². The van der Waals surface area contributed by atoms with Crippen molar-refractivity contribution in [2.75, 3.05) is 37.7 Å². The third kappa shape index (κ3) is 4.29. The third-order valence-corrected chi connectivity index (χ3v) is 5.73. The fourth-order valence-electron chi connectivity index (χ4n) is 3.18. The maximum atomic E-state index is 12.1. The van der Waals surface area contributed by atoms with Crippen LogP contribution in [0, 0.1) is 5.92 Å². The van der Waals surface area contributed by atoms with Crippen LogP contribution in [0.3, 0.4) is 0 Å². The summed E-state index contributed by atoms with van der Waals surface area (Å²) >= 11 is 1.89. The van der Waals surface area contributed by atoms with Crippen molar-refractivity contribution in [1.29, 1.82) is 0 Å². The number of carbonyl (C=O) groups is 2. The summed E-state index contributed by atoms with van der Waals surface area (Å²) in [4.78, 5) is 27.1. The van der Waals surface area contributed by atoms with Crippen molar-refractivity contribution in [2.24, 2.45) is 5.92 Å². The monoisotopic (exact) mass is 327 g/mol. The van der Waals surface area contributed by atoms with Crippen LogP contribution in [0.1, 0.15) is 25.7 Å². The van der Waals surface area contributed by atoms with E-state index in [1.165, 1.54) is 12.8 Å². The molecule has 1 saturated heterocycles. The van der Waals surface area contributed by atoms with Crippen LogP contribution in [-0.2, 0) is 4.79 Å². The summed E-state index contributed by atoms with van der Waals surface area (Å²) in [6.07, 6.45) is 4.23. The SMILES string of the molecule is O=C(O)CN(CC1CC1)C1CC(NC(=O)N2CCSCC2)C1. The van der Waals surface area contributed by atoms with Gasteiger partial charge in [0, 0.05) is 43.2 Å². The molecule has 0 aromatic rings. The molecule has 3 aliphatic rings. The molecule has 2 aliphatic carbocycles. The summed E-state index contributed by atoms with van der Waals surface area (Å²) in [5.74, 6) is 1.99. The van der Waals surface area contributed by atoms with E-state index in [0.29, 0.717) is 12.0 Å². The summed E-state index contributed by atoms with van der Waals surface area (Å²) < 4.78 is 0. The van der Waals surface area contributed by atoms with Crippen molar-refractivity contribution in [3.63, 3.8) is 0 Å². The Labute approximate surface area is 135 Å². The smallest absolute Gasteiger partial charge is 0.317 e. The summed E-state index contributed by atoms with van der Waals surface area (Å²) in [6.45, 7) is 2.70. The van der Waals surface area contributed by atoms with Crippen molar-refractivity contribution in [2.45, 2.75) is 37.8 Å². The van der Waals surface area contributed by atoms with Crippen molar-refractivity contribution in [1.82, 2.24) is 15.1 Å². The highest BCUT2D eigenvalue weighted by molar-refractivity contribution is 7.99. The second-order valence-corrected chi connectivity index (χ2v) is 7.86. The average molecular weight is 327 g/mol. The molecule has 0 unspecified atom stereocenters. The second-order valence-electron chi connectivity index (χ2n) is 6.64. The Morgan fingerprint density at radius 1 is 1.23 bits per heavy atom. The van der Waals surface area contributed by atoms with E-state index in [2.05, 4.69) is 10.2 Å². The summed E-state index contributed by atoms with van der Waals surface area (Å²) in [5, 5.41) is 12.1. The van der Waals surface area contributed by atoms with Crippen molar-refractivity contribution >= 4 is 23.8 Å². The van der Waals surface area contributed by atoms with Gasteiger partial charge in [-0.3, -0.25) is 9.69 Å². The topological polar surface area (TPSA) is 72.9 Å². The summed E-state index contributed by atoms with van der Waals surface area (Å²) in [5.41, 5.74) is 0. The van der Waals surface area contributed by atoms with Gasteiger partial charge in [0.1, 0.15) is 0 Å². The molecule has 2 N–H and O–H groups in total. The normalized spacial score (nSPS) is 28.3. The lowest BCUT2D eigenvalue weighted by Gasteiger charge is -2.43. The van der Waals surface area contributed by atoms with E-state index >= 15 is 0 Å². The lowest BCUT2D eigenvalue weighted by molar-refractivity contribution is -0.139. The number of amides is 2. The van der Waals surface area contributed by atoms with Gasteiger partial charge >= 0.3 is 12.0 Å². The molecule has 0 spiro atoms. The van der Waals surface area contributed by atoms with Crippen LogP contribution < -0.4 is 5.32 Å². The largest absolute Gasteiger partial charge is 0.480 e. The first kappa shape index (κ1) is 15.9. The predicted octanol–water partition coefficient (Wildman–Crippen LogP) is 1.07. The molecule has 124 valence electrons. The van der Waals surface area contributed by atoms with Gasteiger partial charge in [-0.2, -0.15) is 11.8 Å². The molecular formula is C15H25N3O3S. The van der Waals surface area contributed by atoms with E-state index in [1.807, 2.05) is 16.7 Å². The Bertz CT molecular complexity index is 418. The number of hydrogen-bond acceptors (Lipinski definition) is 4. The molecule has 1 aliphatic heterocycles. The quantitative estimate of drug-likeness (QED) is 0.763. The molecule has 0 aromatic carbocycles. The Morgan fingerprint density at radius 3 is 2.50 bits per heavy atom.